The number of benzene rings is 1. The van der Waals surface area contributed by atoms with Crippen molar-refractivity contribution in [1.82, 2.24) is 0 Å². The van der Waals surface area contributed by atoms with Crippen molar-refractivity contribution < 1.29 is 23.9 Å². The van der Waals surface area contributed by atoms with Crippen LogP contribution in [-0.2, 0) is 20.8 Å². The van der Waals surface area contributed by atoms with Crippen LogP contribution in [0.3, 0.4) is 0 Å². The van der Waals surface area contributed by atoms with Crippen LogP contribution in [0.15, 0.2) is 18.2 Å². The summed E-state index contributed by atoms with van der Waals surface area (Å²) in [7, 11) is 3.00. The first-order valence-electron chi connectivity index (χ1n) is 5.81. The number of primary amides is 1. The Morgan fingerprint density at radius 1 is 1.20 bits per heavy atom. The van der Waals surface area contributed by atoms with Crippen molar-refractivity contribution in [3.63, 3.8) is 0 Å². The molecule has 1 unspecified atom stereocenters. The van der Waals surface area contributed by atoms with Gasteiger partial charge >= 0.3 is 5.97 Å². The van der Waals surface area contributed by atoms with Crippen molar-refractivity contribution in [2.24, 2.45) is 17.0 Å². The van der Waals surface area contributed by atoms with Crippen molar-refractivity contribution in [2.45, 2.75) is 13.3 Å². The van der Waals surface area contributed by atoms with Gasteiger partial charge in [0, 0.05) is 0 Å². The highest BCUT2D eigenvalue weighted by atomic mass is 16.7. The maximum Gasteiger partial charge on any atom is 0.340 e. The number of hydrogen-bond acceptors (Lipinski definition) is 6. The van der Waals surface area contributed by atoms with Gasteiger partial charge in [-0.3, -0.25) is 4.79 Å². The molecule has 1 aromatic carbocycles. The molecule has 0 heterocycles. The smallest absolute Gasteiger partial charge is 0.340 e. The minimum Gasteiger partial charge on any atom is -0.493 e. The van der Waals surface area contributed by atoms with Crippen LogP contribution in [-0.4, -0.2) is 26.1 Å². The predicted octanol–water partition coefficient (Wildman–Crippen LogP) is 0.155. The highest BCUT2D eigenvalue weighted by Gasteiger charge is 2.41. The molecule has 1 rings (SSSR count). The fourth-order valence-electron chi connectivity index (χ4n) is 1.79. The summed E-state index contributed by atoms with van der Waals surface area (Å²) in [6.45, 7) is 1.38. The molecule has 20 heavy (non-hydrogen) atoms. The Balaban J connectivity index is 3.12. The van der Waals surface area contributed by atoms with E-state index in [0.29, 0.717) is 17.1 Å². The molecule has 0 radical (unpaired) electrons. The minimum absolute atomic E-state index is 0.0404. The number of ether oxygens (including phenoxy) is 2. The summed E-state index contributed by atoms with van der Waals surface area (Å²) in [5.74, 6) is 4.17. The Kier molecular flexibility index (Phi) is 4.93. The van der Waals surface area contributed by atoms with Crippen molar-refractivity contribution in [3.05, 3.63) is 23.8 Å². The molecule has 0 aliphatic heterocycles. The van der Waals surface area contributed by atoms with Crippen LogP contribution in [0, 0.1) is 5.41 Å². The summed E-state index contributed by atoms with van der Waals surface area (Å²) in [6, 6.07) is 5.03. The number of methoxy groups -OCH3 is 2. The van der Waals surface area contributed by atoms with E-state index in [2.05, 4.69) is 4.84 Å². The van der Waals surface area contributed by atoms with Crippen molar-refractivity contribution >= 4 is 11.9 Å². The van der Waals surface area contributed by atoms with E-state index in [1.807, 2.05) is 0 Å². The lowest BCUT2D eigenvalue weighted by Crippen LogP contribution is -2.45. The summed E-state index contributed by atoms with van der Waals surface area (Å²) in [4.78, 5) is 27.3. The maximum absolute atomic E-state index is 11.7. The molecule has 1 aromatic rings. The summed E-state index contributed by atoms with van der Waals surface area (Å²) < 4.78 is 10.3. The number of amides is 1. The van der Waals surface area contributed by atoms with Crippen molar-refractivity contribution in [3.8, 4) is 11.5 Å². The second-order valence-electron chi connectivity index (χ2n) is 4.47. The van der Waals surface area contributed by atoms with Crippen molar-refractivity contribution in [1.29, 1.82) is 0 Å². The first kappa shape index (κ1) is 15.8. The molecule has 7 nitrogen and oxygen atoms in total. The molecule has 0 saturated heterocycles. The molecule has 1 amide bonds. The summed E-state index contributed by atoms with van der Waals surface area (Å²) in [6.07, 6.45) is 0.0404. The standard InChI is InChI=1S/C13H18N2O5/c1-13(11(14)16,12(17)20-15)7-8-4-5-9(18-2)10(6-8)19-3/h4-6H,7,15H2,1-3H3,(H2,14,16). The minimum atomic E-state index is -1.55. The van der Waals surface area contributed by atoms with E-state index in [9.17, 15) is 9.59 Å². The fraction of sp³-hybridized carbons (Fsp3) is 0.385. The van der Waals surface area contributed by atoms with E-state index in [0.717, 1.165) is 0 Å². The molecule has 0 aliphatic rings. The third kappa shape index (κ3) is 3.00. The number of rotatable bonds is 6. The second kappa shape index (κ2) is 6.25. The normalized spacial score (nSPS) is 13.2. The summed E-state index contributed by atoms with van der Waals surface area (Å²) >= 11 is 0. The number of hydrogen-bond donors (Lipinski definition) is 2. The lowest BCUT2D eigenvalue weighted by Gasteiger charge is -2.22. The van der Waals surface area contributed by atoms with Crippen LogP contribution >= 0.6 is 0 Å². The van der Waals surface area contributed by atoms with Crippen LogP contribution in [0.5, 0.6) is 11.5 Å². The van der Waals surface area contributed by atoms with E-state index in [-0.39, 0.29) is 6.42 Å². The van der Waals surface area contributed by atoms with Crippen LogP contribution in [0.25, 0.3) is 0 Å². The maximum atomic E-state index is 11.7. The molecule has 110 valence electrons. The number of carbonyl (C=O) groups excluding carboxylic acids is 2. The molecule has 0 fully saturated rings. The number of nitrogens with two attached hydrogens (primary N) is 2. The molecule has 0 spiro atoms. The SMILES string of the molecule is COc1ccc(CC(C)(C(N)=O)C(=O)ON)cc1OC. The highest BCUT2D eigenvalue weighted by Crippen LogP contribution is 2.31. The molecule has 4 N–H and O–H groups in total. The zero-order valence-corrected chi connectivity index (χ0v) is 11.6. The van der Waals surface area contributed by atoms with Gasteiger partial charge < -0.3 is 20.0 Å². The zero-order chi connectivity index (χ0) is 15.3. The molecule has 0 aromatic heterocycles. The van der Waals surface area contributed by atoms with Gasteiger partial charge in [-0.1, -0.05) is 6.07 Å². The Hall–Kier alpha value is -2.28. The molecule has 0 aliphatic carbocycles. The van der Waals surface area contributed by atoms with Gasteiger partial charge in [0.25, 0.3) is 0 Å². The highest BCUT2D eigenvalue weighted by molar-refractivity contribution is 6.01. The Morgan fingerprint density at radius 2 is 1.80 bits per heavy atom. The molecule has 1 atom stereocenters. The van der Waals surface area contributed by atoms with Crippen LogP contribution in [0.1, 0.15) is 12.5 Å². The van der Waals surface area contributed by atoms with Gasteiger partial charge in [-0.25, -0.2) is 4.79 Å². The van der Waals surface area contributed by atoms with Gasteiger partial charge in [0.1, 0.15) is 5.41 Å². The van der Waals surface area contributed by atoms with E-state index in [1.165, 1.54) is 21.1 Å². The van der Waals surface area contributed by atoms with Crippen LogP contribution in [0.4, 0.5) is 0 Å². The monoisotopic (exact) mass is 282 g/mol. The molecular weight excluding hydrogens is 264 g/mol. The van der Waals surface area contributed by atoms with E-state index in [4.69, 9.17) is 21.1 Å². The Bertz CT molecular complexity index is 517. The Labute approximate surface area is 116 Å². The largest absolute Gasteiger partial charge is 0.493 e. The quantitative estimate of drug-likeness (QED) is 0.567. The first-order valence-corrected chi connectivity index (χ1v) is 5.81. The second-order valence-corrected chi connectivity index (χ2v) is 4.47. The van der Waals surface area contributed by atoms with E-state index >= 15 is 0 Å². The third-order valence-corrected chi connectivity index (χ3v) is 3.11. The average Bonchev–Trinajstić information content (AvgIpc) is 2.45. The number of carbonyl (C=O) groups is 2. The molecule has 0 saturated carbocycles. The van der Waals surface area contributed by atoms with E-state index < -0.39 is 17.3 Å². The topological polar surface area (TPSA) is 114 Å². The predicted molar refractivity (Wildman–Crippen MR) is 70.8 cm³/mol. The molecule has 7 heteroatoms. The van der Waals surface area contributed by atoms with Gasteiger partial charge in [-0.2, -0.15) is 5.90 Å². The van der Waals surface area contributed by atoms with Gasteiger partial charge in [0.15, 0.2) is 11.5 Å². The summed E-state index contributed by atoms with van der Waals surface area (Å²) in [5.41, 5.74) is 4.38. The van der Waals surface area contributed by atoms with E-state index in [1.54, 1.807) is 18.2 Å². The van der Waals surface area contributed by atoms with Crippen LogP contribution < -0.4 is 21.1 Å². The van der Waals surface area contributed by atoms with Gasteiger partial charge in [0.05, 0.1) is 14.2 Å². The summed E-state index contributed by atoms with van der Waals surface area (Å²) in [5, 5.41) is 0. The zero-order valence-electron chi connectivity index (χ0n) is 11.6. The Morgan fingerprint density at radius 3 is 2.25 bits per heavy atom. The van der Waals surface area contributed by atoms with Crippen LogP contribution in [0.2, 0.25) is 0 Å². The lowest BCUT2D eigenvalue weighted by molar-refractivity contribution is -0.159. The lowest BCUT2D eigenvalue weighted by atomic mass is 9.83. The third-order valence-electron chi connectivity index (χ3n) is 3.11. The molecule has 0 bridgehead atoms. The molecular formula is C13H18N2O5. The van der Waals surface area contributed by atoms with Gasteiger partial charge in [-0.15, -0.1) is 0 Å². The van der Waals surface area contributed by atoms with Crippen molar-refractivity contribution in [2.75, 3.05) is 14.2 Å². The average molecular weight is 282 g/mol. The first-order chi connectivity index (χ1) is 9.38. The fourth-order valence-corrected chi connectivity index (χ4v) is 1.79. The van der Waals surface area contributed by atoms with Gasteiger partial charge in [0.2, 0.25) is 5.91 Å². The van der Waals surface area contributed by atoms with Gasteiger partial charge in [-0.05, 0) is 31.0 Å².